The van der Waals surface area contributed by atoms with Crippen molar-refractivity contribution < 1.29 is 5.11 Å². The fraction of sp³-hybridized carbons (Fsp3) is 0.600. The average Bonchev–Trinajstić information content (AvgIpc) is 2.62. The van der Waals surface area contributed by atoms with Crippen molar-refractivity contribution in [1.82, 2.24) is 0 Å². The molecule has 0 radical (unpaired) electrons. The van der Waals surface area contributed by atoms with Gasteiger partial charge in [-0.15, -0.1) is 11.3 Å². The van der Waals surface area contributed by atoms with E-state index in [0.29, 0.717) is 12.5 Å². The number of aliphatic hydroxyl groups is 1. The summed E-state index contributed by atoms with van der Waals surface area (Å²) in [6.07, 6.45) is 0.704. The summed E-state index contributed by atoms with van der Waals surface area (Å²) in [4.78, 5) is 1.05. The highest BCUT2D eigenvalue weighted by atomic mass is 32.1. The maximum Gasteiger partial charge on any atom is 0.0952 e. The third kappa shape index (κ3) is 1.31. The van der Waals surface area contributed by atoms with Crippen molar-refractivity contribution in [2.45, 2.75) is 19.4 Å². The summed E-state index contributed by atoms with van der Waals surface area (Å²) in [5, 5.41) is 12.1. The molecule has 0 spiro atoms. The molecule has 1 saturated carbocycles. The molecule has 2 rings (SSSR count). The first kappa shape index (κ1) is 9.19. The zero-order chi connectivity index (χ0) is 9.47. The summed E-state index contributed by atoms with van der Waals surface area (Å²) in [5.74, 6) is 0.564. The Balaban J connectivity index is 2.18. The van der Waals surface area contributed by atoms with E-state index in [1.807, 2.05) is 17.5 Å². The first-order chi connectivity index (χ1) is 6.20. The monoisotopic (exact) mass is 197 g/mol. The molecule has 0 amide bonds. The van der Waals surface area contributed by atoms with Gasteiger partial charge < -0.3 is 10.8 Å². The first-order valence-corrected chi connectivity index (χ1v) is 5.50. The van der Waals surface area contributed by atoms with E-state index in [4.69, 9.17) is 5.73 Å². The van der Waals surface area contributed by atoms with Gasteiger partial charge in [-0.1, -0.05) is 13.0 Å². The van der Waals surface area contributed by atoms with Crippen molar-refractivity contribution >= 4 is 11.3 Å². The van der Waals surface area contributed by atoms with Gasteiger partial charge in [-0.25, -0.2) is 0 Å². The van der Waals surface area contributed by atoms with Gasteiger partial charge in [0.1, 0.15) is 0 Å². The molecule has 3 N–H and O–H groups in total. The van der Waals surface area contributed by atoms with Crippen molar-refractivity contribution in [3.63, 3.8) is 0 Å². The standard InChI is InChI=1S/C10H15NOS/c1-7-5-10(7,6-11)9(12)8-3-2-4-13-8/h2-4,7,9,12H,5-6,11H2,1H3/t7-,9-,10+/m0/s1. The van der Waals surface area contributed by atoms with Gasteiger partial charge in [-0.3, -0.25) is 0 Å². The van der Waals surface area contributed by atoms with Crippen molar-refractivity contribution in [3.05, 3.63) is 22.4 Å². The molecule has 0 bridgehead atoms. The predicted octanol–water partition coefficient (Wildman–Crippen LogP) is 1.77. The maximum absolute atomic E-state index is 10.1. The van der Waals surface area contributed by atoms with E-state index in [2.05, 4.69) is 6.92 Å². The molecule has 1 aliphatic rings. The van der Waals surface area contributed by atoms with Crippen molar-refractivity contribution in [3.8, 4) is 0 Å². The average molecular weight is 197 g/mol. The molecule has 72 valence electrons. The zero-order valence-electron chi connectivity index (χ0n) is 7.73. The first-order valence-electron chi connectivity index (χ1n) is 4.62. The summed E-state index contributed by atoms with van der Waals surface area (Å²) in [7, 11) is 0. The third-order valence-electron chi connectivity index (χ3n) is 3.24. The highest BCUT2D eigenvalue weighted by Gasteiger charge is 2.55. The van der Waals surface area contributed by atoms with Gasteiger partial charge in [0.15, 0.2) is 0 Å². The minimum atomic E-state index is -0.354. The molecule has 1 heterocycles. The van der Waals surface area contributed by atoms with Crippen LogP contribution in [-0.2, 0) is 0 Å². The van der Waals surface area contributed by atoms with Crippen LogP contribution in [0.2, 0.25) is 0 Å². The highest BCUT2D eigenvalue weighted by molar-refractivity contribution is 7.10. The smallest absolute Gasteiger partial charge is 0.0952 e. The third-order valence-corrected chi connectivity index (χ3v) is 4.17. The van der Waals surface area contributed by atoms with Crippen LogP contribution in [0.1, 0.15) is 24.3 Å². The molecule has 3 heteroatoms. The lowest BCUT2D eigenvalue weighted by atomic mass is 9.95. The Hall–Kier alpha value is -0.380. The maximum atomic E-state index is 10.1. The van der Waals surface area contributed by atoms with E-state index in [1.54, 1.807) is 11.3 Å². The number of aliphatic hydroxyl groups excluding tert-OH is 1. The van der Waals surface area contributed by atoms with Gasteiger partial charge in [0.2, 0.25) is 0 Å². The van der Waals surface area contributed by atoms with E-state index < -0.39 is 0 Å². The van der Waals surface area contributed by atoms with Crippen LogP contribution in [0.15, 0.2) is 17.5 Å². The van der Waals surface area contributed by atoms with E-state index in [9.17, 15) is 5.11 Å². The van der Waals surface area contributed by atoms with Crippen LogP contribution >= 0.6 is 11.3 Å². The van der Waals surface area contributed by atoms with E-state index in [0.717, 1.165) is 11.3 Å². The van der Waals surface area contributed by atoms with Crippen molar-refractivity contribution in [2.75, 3.05) is 6.54 Å². The van der Waals surface area contributed by atoms with Gasteiger partial charge >= 0.3 is 0 Å². The Kier molecular flexibility index (Phi) is 2.18. The quantitative estimate of drug-likeness (QED) is 0.775. The highest BCUT2D eigenvalue weighted by Crippen LogP contribution is 2.59. The number of thiophene rings is 1. The normalized spacial score (nSPS) is 34.5. The summed E-state index contributed by atoms with van der Waals surface area (Å²) in [6, 6.07) is 3.96. The SMILES string of the molecule is C[C@H]1C[C@]1(CN)[C@@H](O)c1cccs1. The lowest BCUT2D eigenvalue weighted by molar-refractivity contribution is 0.0922. The molecule has 0 aromatic carbocycles. The summed E-state index contributed by atoms with van der Waals surface area (Å²) < 4.78 is 0. The van der Waals surface area contributed by atoms with Gasteiger partial charge in [-0.2, -0.15) is 0 Å². The van der Waals surface area contributed by atoms with Gasteiger partial charge in [0, 0.05) is 16.8 Å². The van der Waals surface area contributed by atoms with E-state index >= 15 is 0 Å². The molecule has 1 aliphatic carbocycles. The molecule has 1 fully saturated rings. The van der Waals surface area contributed by atoms with Crippen LogP contribution in [0.3, 0.4) is 0 Å². The van der Waals surface area contributed by atoms with Crippen LogP contribution < -0.4 is 5.73 Å². The largest absolute Gasteiger partial charge is 0.387 e. The fourth-order valence-corrected chi connectivity index (χ4v) is 2.85. The molecule has 13 heavy (non-hydrogen) atoms. The number of rotatable bonds is 3. The second-order valence-electron chi connectivity index (χ2n) is 3.96. The Morgan fingerprint density at radius 3 is 2.92 bits per heavy atom. The van der Waals surface area contributed by atoms with Crippen molar-refractivity contribution in [1.29, 1.82) is 0 Å². The molecular weight excluding hydrogens is 182 g/mol. The predicted molar refractivity (Wildman–Crippen MR) is 54.5 cm³/mol. The van der Waals surface area contributed by atoms with Crippen molar-refractivity contribution in [2.24, 2.45) is 17.1 Å². The minimum absolute atomic E-state index is 0.0230. The van der Waals surface area contributed by atoms with Gasteiger partial charge in [0.25, 0.3) is 0 Å². The van der Waals surface area contributed by atoms with Crippen LogP contribution in [0.25, 0.3) is 0 Å². The molecule has 3 atom stereocenters. The van der Waals surface area contributed by atoms with Gasteiger partial charge in [0.05, 0.1) is 6.10 Å². The second kappa shape index (κ2) is 3.08. The molecular formula is C10H15NOS. The Morgan fingerprint density at radius 1 is 1.85 bits per heavy atom. The molecule has 2 nitrogen and oxygen atoms in total. The lowest BCUT2D eigenvalue weighted by Crippen LogP contribution is -2.24. The van der Waals surface area contributed by atoms with Crippen LogP contribution in [-0.4, -0.2) is 11.7 Å². The summed E-state index contributed by atoms with van der Waals surface area (Å²) in [6.45, 7) is 2.75. The minimum Gasteiger partial charge on any atom is -0.387 e. The zero-order valence-corrected chi connectivity index (χ0v) is 8.55. The molecule has 0 unspecified atom stereocenters. The summed E-state index contributed by atoms with van der Waals surface area (Å²) >= 11 is 1.61. The Labute approximate surface area is 82.4 Å². The van der Waals surface area contributed by atoms with Gasteiger partial charge in [-0.05, 0) is 23.8 Å². The molecule has 0 saturated heterocycles. The van der Waals surface area contributed by atoms with E-state index in [-0.39, 0.29) is 11.5 Å². The molecule has 1 aromatic rings. The number of nitrogens with two attached hydrogens (primary N) is 1. The van der Waals surface area contributed by atoms with Crippen LogP contribution in [0.5, 0.6) is 0 Å². The van der Waals surface area contributed by atoms with Crippen LogP contribution in [0, 0.1) is 11.3 Å². The molecule has 0 aliphatic heterocycles. The summed E-state index contributed by atoms with van der Waals surface area (Å²) in [5.41, 5.74) is 5.69. The number of hydrogen-bond donors (Lipinski definition) is 2. The Morgan fingerprint density at radius 2 is 2.54 bits per heavy atom. The number of hydrogen-bond acceptors (Lipinski definition) is 3. The second-order valence-corrected chi connectivity index (χ2v) is 4.94. The van der Waals surface area contributed by atoms with E-state index in [1.165, 1.54) is 0 Å². The molecule has 1 aromatic heterocycles. The Bertz CT molecular complexity index is 281. The lowest BCUT2D eigenvalue weighted by Gasteiger charge is -2.20. The topological polar surface area (TPSA) is 46.2 Å². The fourth-order valence-electron chi connectivity index (χ4n) is 2.02. The van der Waals surface area contributed by atoms with Crippen LogP contribution in [0.4, 0.5) is 0 Å².